The fourth-order valence-corrected chi connectivity index (χ4v) is 5.09. The van der Waals surface area contributed by atoms with Crippen LogP contribution in [0, 0.1) is 0 Å². The molecule has 0 radical (unpaired) electrons. The second kappa shape index (κ2) is 7.13. The van der Waals surface area contributed by atoms with Gasteiger partial charge in [-0.1, -0.05) is 0 Å². The average Bonchev–Trinajstić information content (AvgIpc) is 3.36. The molecule has 2 aromatic heterocycles. The summed E-state index contributed by atoms with van der Waals surface area (Å²) in [5, 5.41) is 4.64. The van der Waals surface area contributed by atoms with E-state index >= 15 is 0 Å². The van der Waals surface area contributed by atoms with Crippen LogP contribution < -0.4 is 5.56 Å². The molecule has 1 aliphatic heterocycles. The van der Waals surface area contributed by atoms with Gasteiger partial charge in [-0.25, -0.2) is 9.67 Å². The number of carbonyl (C=O) groups excluding carboxylic acids is 1. The highest BCUT2D eigenvalue weighted by molar-refractivity contribution is 7.16. The highest BCUT2D eigenvalue weighted by Crippen LogP contribution is 2.25. The van der Waals surface area contributed by atoms with Crippen molar-refractivity contribution >= 4 is 27.5 Å². The summed E-state index contributed by atoms with van der Waals surface area (Å²) in [6, 6.07) is 7.44. The van der Waals surface area contributed by atoms with Crippen LogP contribution in [0.5, 0.6) is 0 Å². The van der Waals surface area contributed by atoms with Crippen LogP contribution in [-0.4, -0.2) is 38.2 Å². The second-order valence-corrected chi connectivity index (χ2v) is 8.56. The molecule has 0 saturated carbocycles. The van der Waals surface area contributed by atoms with E-state index in [-0.39, 0.29) is 17.5 Å². The van der Waals surface area contributed by atoms with Crippen LogP contribution in [0.1, 0.15) is 47.3 Å². The van der Waals surface area contributed by atoms with E-state index in [2.05, 4.69) is 10.1 Å². The van der Waals surface area contributed by atoms with E-state index in [1.54, 1.807) is 27.6 Å². The van der Waals surface area contributed by atoms with Crippen molar-refractivity contribution in [2.75, 3.05) is 6.54 Å². The van der Waals surface area contributed by atoms with E-state index in [9.17, 15) is 9.59 Å². The number of amides is 1. The summed E-state index contributed by atoms with van der Waals surface area (Å²) in [6.07, 6.45) is 6.02. The summed E-state index contributed by atoms with van der Waals surface area (Å²) in [6.45, 7) is 1.20. The molecule has 2 aliphatic rings. The molecule has 3 aromatic rings. The zero-order valence-electron chi connectivity index (χ0n) is 15.6. The Morgan fingerprint density at radius 1 is 1.18 bits per heavy atom. The molecule has 1 aromatic carbocycles. The summed E-state index contributed by atoms with van der Waals surface area (Å²) in [7, 11) is 0. The van der Waals surface area contributed by atoms with Crippen LogP contribution in [0.4, 0.5) is 0 Å². The lowest BCUT2D eigenvalue weighted by atomic mass is 9.97. The number of nitrogens with zero attached hydrogens (tertiary/aromatic N) is 4. The largest absolute Gasteiger partial charge is 0.334 e. The van der Waals surface area contributed by atoms with Gasteiger partial charge in [-0.2, -0.15) is 5.10 Å². The van der Waals surface area contributed by atoms with E-state index in [4.69, 9.17) is 0 Å². The summed E-state index contributed by atoms with van der Waals surface area (Å²) < 4.78 is 2.60. The van der Waals surface area contributed by atoms with Gasteiger partial charge in [0.05, 0.1) is 34.0 Å². The Hall–Kier alpha value is -2.54. The molecule has 28 heavy (non-hydrogen) atoms. The van der Waals surface area contributed by atoms with Crippen molar-refractivity contribution in [1.82, 2.24) is 19.7 Å². The highest BCUT2D eigenvalue weighted by atomic mass is 32.1. The predicted octanol–water partition coefficient (Wildman–Crippen LogP) is 3.04. The number of benzene rings is 1. The molecule has 1 unspecified atom stereocenters. The zero-order chi connectivity index (χ0) is 19.1. The van der Waals surface area contributed by atoms with Gasteiger partial charge in [-0.3, -0.25) is 9.59 Å². The highest BCUT2D eigenvalue weighted by Gasteiger charge is 2.30. The van der Waals surface area contributed by atoms with Crippen molar-refractivity contribution in [3.63, 3.8) is 0 Å². The third-order valence-corrected chi connectivity index (χ3v) is 6.67. The van der Waals surface area contributed by atoms with Crippen LogP contribution in [0.2, 0.25) is 0 Å². The molecule has 1 aliphatic carbocycles. The van der Waals surface area contributed by atoms with Gasteiger partial charge in [0.1, 0.15) is 0 Å². The van der Waals surface area contributed by atoms with Crippen molar-refractivity contribution in [3.8, 4) is 0 Å². The molecule has 0 N–H and O–H groups in total. The van der Waals surface area contributed by atoms with Crippen molar-refractivity contribution in [3.05, 3.63) is 57.0 Å². The minimum atomic E-state index is -0.0500. The Bertz CT molecular complexity index is 1100. The summed E-state index contributed by atoms with van der Waals surface area (Å²) >= 11 is 1.54. The van der Waals surface area contributed by atoms with Gasteiger partial charge < -0.3 is 4.90 Å². The van der Waals surface area contributed by atoms with Gasteiger partial charge in [-0.15, -0.1) is 11.3 Å². The van der Waals surface area contributed by atoms with E-state index in [1.807, 2.05) is 23.1 Å². The number of aromatic nitrogens is 3. The fourth-order valence-electron chi connectivity index (χ4n) is 4.38. The lowest BCUT2D eigenvalue weighted by molar-refractivity contribution is 0.0720. The molecule has 3 heterocycles. The van der Waals surface area contributed by atoms with Crippen molar-refractivity contribution in [2.45, 2.75) is 51.1 Å². The van der Waals surface area contributed by atoms with Crippen molar-refractivity contribution in [1.29, 1.82) is 0 Å². The minimum absolute atomic E-state index is 0.0106. The Labute approximate surface area is 166 Å². The van der Waals surface area contributed by atoms with Crippen LogP contribution in [-0.2, 0) is 19.4 Å². The topological polar surface area (TPSA) is 68.1 Å². The number of thiazole rings is 1. The quantitative estimate of drug-likeness (QED) is 0.685. The summed E-state index contributed by atoms with van der Waals surface area (Å²) in [4.78, 5) is 31.9. The maximum atomic E-state index is 13.1. The molecule has 1 amide bonds. The third-order valence-electron chi connectivity index (χ3n) is 5.87. The molecule has 1 fully saturated rings. The Kier molecular flexibility index (Phi) is 4.47. The zero-order valence-corrected chi connectivity index (χ0v) is 16.5. The number of aryl methyl sites for hydroxylation is 2. The first-order valence-corrected chi connectivity index (χ1v) is 10.8. The standard InChI is InChI=1S/C21H22N4O2S/c26-20-11-14-4-1-2-6-17(14)23-25(20)12-16-5-3-9-24(16)21(27)15-7-8-18-19(10-15)28-13-22-18/h7-8,10-11,13,16H,1-6,9,12H2. The first kappa shape index (κ1) is 17.6. The normalized spacial score (nSPS) is 19.1. The first-order valence-electron chi connectivity index (χ1n) is 9.93. The number of likely N-dealkylation sites (tertiary alicyclic amines) is 1. The molecule has 7 heteroatoms. The molecule has 0 bridgehead atoms. The van der Waals surface area contributed by atoms with Gasteiger partial charge in [0.15, 0.2) is 0 Å². The number of hydrogen-bond acceptors (Lipinski definition) is 5. The molecule has 1 atom stereocenters. The lowest BCUT2D eigenvalue weighted by Crippen LogP contribution is -2.41. The predicted molar refractivity (Wildman–Crippen MR) is 109 cm³/mol. The molecular weight excluding hydrogens is 372 g/mol. The van der Waals surface area contributed by atoms with Crippen LogP contribution in [0.3, 0.4) is 0 Å². The van der Waals surface area contributed by atoms with Gasteiger partial charge in [0.2, 0.25) is 0 Å². The smallest absolute Gasteiger partial charge is 0.267 e. The maximum absolute atomic E-state index is 13.1. The van der Waals surface area contributed by atoms with Crippen molar-refractivity contribution in [2.24, 2.45) is 0 Å². The monoisotopic (exact) mass is 394 g/mol. The maximum Gasteiger partial charge on any atom is 0.267 e. The van der Waals surface area contributed by atoms with E-state index in [0.29, 0.717) is 12.1 Å². The van der Waals surface area contributed by atoms with Crippen LogP contribution >= 0.6 is 11.3 Å². The SMILES string of the molecule is O=C(c1ccc2ncsc2c1)N1CCCC1Cn1nc2c(cc1=O)CCCC2. The first-order chi connectivity index (χ1) is 13.7. The lowest BCUT2D eigenvalue weighted by Gasteiger charge is -2.25. The molecule has 144 valence electrons. The number of carbonyl (C=O) groups is 1. The number of fused-ring (bicyclic) bond motifs is 2. The Morgan fingerprint density at radius 2 is 2.07 bits per heavy atom. The van der Waals surface area contributed by atoms with Crippen LogP contribution in [0.25, 0.3) is 10.2 Å². The number of rotatable bonds is 3. The van der Waals surface area contributed by atoms with Crippen LogP contribution in [0.15, 0.2) is 34.6 Å². The Morgan fingerprint density at radius 3 is 3.00 bits per heavy atom. The fraction of sp³-hybridized carbons (Fsp3) is 0.429. The second-order valence-electron chi connectivity index (χ2n) is 7.67. The third kappa shape index (κ3) is 3.13. The summed E-state index contributed by atoms with van der Waals surface area (Å²) in [5.74, 6) is 0.0313. The molecular formula is C21H22N4O2S. The molecule has 5 rings (SSSR count). The average molecular weight is 395 g/mol. The van der Waals surface area contributed by atoms with E-state index in [1.165, 1.54) is 0 Å². The summed E-state index contributed by atoms with van der Waals surface area (Å²) in [5.41, 5.74) is 5.51. The number of hydrogen-bond donors (Lipinski definition) is 0. The van der Waals surface area contributed by atoms with Gasteiger partial charge in [-0.05, 0) is 62.3 Å². The van der Waals surface area contributed by atoms with E-state index < -0.39 is 0 Å². The van der Waals surface area contributed by atoms with E-state index in [0.717, 1.165) is 66.5 Å². The molecule has 0 spiro atoms. The van der Waals surface area contributed by atoms with Gasteiger partial charge in [0, 0.05) is 18.2 Å². The van der Waals surface area contributed by atoms with Crippen molar-refractivity contribution < 1.29 is 4.79 Å². The Balaban J connectivity index is 1.39. The molecule has 1 saturated heterocycles. The van der Waals surface area contributed by atoms with Gasteiger partial charge >= 0.3 is 0 Å². The molecule has 6 nitrogen and oxygen atoms in total. The van der Waals surface area contributed by atoms with Gasteiger partial charge in [0.25, 0.3) is 11.5 Å². The minimum Gasteiger partial charge on any atom is -0.334 e.